The number of rotatable bonds is 11. The number of halogens is 1. The number of H-pyrrole nitrogens is 2. The Hall–Kier alpha value is -3.69. The summed E-state index contributed by atoms with van der Waals surface area (Å²) in [6.45, 7) is 12.5. The van der Waals surface area contributed by atoms with Gasteiger partial charge in [0, 0.05) is 46.6 Å². The van der Waals surface area contributed by atoms with Crippen LogP contribution in [-0.2, 0) is 14.6 Å². The second-order valence-corrected chi connectivity index (χ2v) is 21.5. The standard InChI is InChI=1S/C34H44BrN3O9SSi/c1-18-25(33(40)46-11-12-48(8,41)42)27-26-20(16-35)17-38(22(26)15-23(29(27)36-18)47-49(9,10)34(2,3)4)32(39)21-13-19-14-24(43-5)30(44-6)31(45-7)28(19)37-21/h13-15,20,36-37H,11-12,16-17H2,1-10H3. The maximum Gasteiger partial charge on any atom is 0.340 e. The van der Waals surface area contributed by atoms with Crippen molar-refractivity contribution in [2.45, 2.75) is 51.7 Å². The highest BCUT2D eigenvalue weighted by Crippen LogP contribution is 2.50. The lowest BCUT2D eigenvalue weighted by Gasteiger charge is -2.36. The van der Waals surface area contributed by atoms with Crippen LogP contribution in [-0.4, -0.2) is 90.4 Å². The van der Waals surface area contributed by atoms with Crippen LogP contribution in [0.3, 0.4) is 0 Å². The average Bonchev–Trinajstić information content (AvgIpc) is 3.71. The molecule has 1 amide bonds. The highest BCUT2D eigenvalue weighted by Gasteiger charge is 2.42. The Kier molecular flexibility index (Phi) is 9.86. The van der Waals surface area contributed by atoms with E-state index in [2.05, 4.69) is 59.8 Å². The van der Waals surface area contributed by atoms with Crippen molar-refractivity contribution in [2.75, 3.05) is 56.7 Å². The summed E-state index contributed by atoms with van der Waals surface area (Å²) < 4.78 is 52.7. The quantitative estimate of drug-likeness (QED) is 0.0963. The van der Waals surface area contributed by atoms with E-state index in [1.165, 1.54) is 21.3 Å². The predicted octanol–water partition coefficient (Wildman–Crippen LogP) is 6.71. The number of ether oxygens (including phenoxy) is 4. The molecule has 1 aliphatic heterocycles. The van der Waals surface area contributed by atoms with E-state index in [0.29, 0.717) is 73.8 Å². The molecule has 0 radical (unpaired) electrons. The number of esters is 1. The molecular formula is C34H44BrN3O9SSi. The van der Waals surface area contributed by atoms with E-state index < -0.39 is 24.1 Å². The normalized spacial score (nSPS) is 15.1. The molecule has 5 rings (SSSR count). The number of hydrogen-bond donors (Lipinski definition) is 2. The first-order chi connectivity index (χ1) is 22.9. The van der Waals surface area contributed by atoms with Gasteiger partial charge < -0.3 is 38.2 Å². The van der Waals surface area contributed by atoms with Gasteiger partial charge in [0.15, 0.2) is 21.3 Å². The number of aryl methyl sites for hydroxylation is 1. The number of hydrogen-bond acceptors (Lipinski definition) is 9. The second kappa shape index (κ2) is 13.2. The van der Waals surface area contributed by atoms with Crippen LogP contribution in [0, 0.1) is 6.92 Å². The summed E-state index contributed by atoms with van der Waals surface area (Å²) in [7, 11) is -1.19. The summed E-state index contributed by atoms with van der Waals surface area (Å²) >= 11 is 3.66. The van der Waals surface area contributed by atoms with Gasteiger partial charge in [-0.1, -0.05) is 36.7 Å². The van der Waals surface area contributed by atoms with E-state index >= 15 is 0 Å². The summed E-state index contributed by atoms with van der Waals surface area (Å²) in [6.07, 6.45) is 1.09. The van der Waals surface area contributed by atoms with Crippen LogP contribution in [0.15, 0.2) is 18.2 Å². The fraction of sp³-hybridized carbons (Fsp3) is 0.471. The molecule has 1 aliphatic rings. The number of sulfone groups is 1. The molecule has 0 aliphatic carbocycles. The largest absolute Gasteiger partial charge is 0.542 e. The first-order valence-corrected chi connectivity index (χ1v) is 21.9. The van der Waals surface area contributed by atoms with Crippen LogP contribution in [0.4, 0.5) is 5.69 Å². The Bertz CT molecular complexity index is 2060. The van der Waals surface area contributed by atoms with Gasteiger partial charge >= 0.3 is 5.97 Å². The van der Waals surface area contributed by atoms with Crippen LogP contribution in [0.5, 0.6) is 23.0 Å². The smallest absolute Gasteiger partial charge is 0.340 e. The number of aromatic nitrogens is 2. The molecule has 49 heavy (non-hydrogen) atoms. The maximum atomic E-state index is 14.5. The van der Waals surface area contributed by atoms with E-state index in [-0.39, 0.29) is 34.8 Å². The minimum absolute atomic E-state index is 0.146. The Morgan fingerprint density at radius 1 is 1.00 bits per heavy atom. The number of alkyl halides is 1. The zero-order valence-corrected chi connectivity index (χ0v) is 32.9. The fourth-order valence-corrected chi connectivity index (χ4v) is 7.90. The molecule has 1 unspecified atom stereocenters. The van der Waals surface area contributed by atoms with Crippen molar-refractivity contribution in [3.63, 3.8) is 0 Å². The van der Waals surface area contributed by atoms with Gasteiger partial charge in [-0.2, -0.15) is 0 Å². The van der Waals surface area contributed by atoms with Crippen molar-refractivity contribution >= 4 is 73.5 Å². The number of amides is 1. The first-order valence-electron chi connectivity index (χ1n) is 15.8. The van der Waals surface area contributed by atoms with Crippen molar-refractivity contribution in [2.24, 2.45) is 0 Å². The number of benzene rings is 2. The van der Waals surface area contributed by atoms with Gasteiger partial charge in [-0.25, -0.2) is 13.2 Å². The third-order valence-electron chi connectivity index (χ3n) is 9.49. The van der Waals surface area contributed by atoms with E-state index in [1.807, 2.05) is 6.07 Å². The minimum Gasteiger partial charge on any atom is -0.542 e. The molecule has 4 aromatic rings. The summed E-state index contributed by atoms with van der Waals surface area (Å²) in [4.78, 5) is 36.5. The lowest BCUT2D eigenvalue weighted by atomic mass is 9.96. The highest BCUT2D eigenvalue weighted by molar-refractivity contribution is 9.09. The van der Waals surface area contributed by atoms with Gasteiger partial charge in [-0.3, -0.25) is 4.79 Å². The van der Waals surface area contributed by atoms with Crippen LogP contribution >= 0.6 is 15.9 Å². The number of fused-ring (bicyclic) bond motifs is 4. The summed E-state index contributed by atoms with van der Waals surface area (Å²) in [5.41, 5.74) is 3.78. The average molecular weight is 779 g/mol. The molecule has 2 N–H and O–H groups in total. The van der Waals surface area contributed by atoms with Crippen LogP contribution < -0.4 is 23.5 Å². The van der Waals surface area contributed by atoms with E-state index in [4.69, 9.17) is 23.4 Å². The molecule has 2 aromatic carbocycles. The molecule has 0 saturated carbocycles. The summed E-state index contributed by atoms with van der Waals surface area (Å²) in [5, 5.41) is 1.66. The molecular weight excluding hydrogens is 734 g/mol. The SMILES string of the molecule is COc1cc2cc(C(=O)N3CC(CBr)c4c3cc(O[Si](C)(C)C(C)(C)C)c3[nH]c(C)c(C(=O)OCCS(C)(=O)=O)c43)[nH]c2c(OC)c1OC. The molecule has 0 bridgehead atoms. The summed E-state index contributed by atoms with van der Waals surface area (Å²) in [5.74, 6) is 0.370. The fourth-order valence-electron chi connectivity index (χ4n) is 5.97. The van der Waals surface area contributed by atoms with Gasteiger partial charge in [0.1, 0.15) is 18.1 Å². The molecule has 2 aromatic heterocycles. The Morgan fingerprint density at radius 2 is 1.67 bits per heavy atom. The first kappa shape index (κ1) is 36.6. The van der Waals surface area contributed by atoms with Crippen LogP contribution in [0.25, 0.3) is 21.8 Å². The number of nitrogens with zero attached hydrogens (tertiary/aromatic N) is 1. The molecule has 0 saturated heterocycles. The summed E-state index contributed by atoms with van der Waals surface area (Å²) in [6, 6.07) is 5.42. The molecule has 12 nitrogen and oxygen atoms in total. The van der Waals surface area contributed by atoms with Crippen molar-refractivity contribution in [1.29, 1.82) is 0 Å². The Labute approximate surface area is 295 Å². The number of aromatic amines is 2. The van der Waals surface area contributed by atoms with Crippen molar-refractivity contribution in [3.8, 4) is 23.0 Å². The van der Waals surface area contributed by atoms with Crippen LogP contribution in [0.2, 0.25) is 18.1 Å². The topological polar surface area (TPSA) is 149 Å². The lowest BCUT2D eigenvalue weighted by Crippen LogP contribution is -2.44. The van der Waals surface area contributed by atoms with Crippen molar-refractivity contribution in [1.82, 2.24) is 9.97 Å². The zero-order chi connectivity index (χ0) is 36.2. The zero-order valence-electron chi connectivity index (χ0n) is 29.5. The Morgan fingerprint density at radius 3 is 2.24 bits per heavy atom. The second-order valence-electron chi connectivity index (χ2n) is 13.9. The third kappa shape index (κ3) is 6.64. The van der Waals surface area contributed by atoms with Gasteiger partial charge in [-0.05, 0) is 42.8 Å². The highest BCUT2D eigenvalue weighted by atomic mass is 79.9. The van der Waals surface area contributed by atoms with Crippen molar-refractivity contribution in [3.05, 3.63) is 40.7 Å². The molecule has 15 heteroatoms. The molecule has 0 spiro atoms. The lowest BCUT2D eigenvalue weighted by molar-refractivity contribution is 0.0530. The molecule has 266 valence electrons. The number of carbonyl (C=O) groups is 2. The van der Waals surface area contributed by atoms with Gasteiger partial charge in [0.2, 0.25) is 5.75 Å². The monoisotopic (exact) mass is 777 g/mol. The maximum absolute atomic E-state index is 14.5. The third-order valence-corrected chi connectivity index (χ3v) is 15.5. The van der Waals surface area contributed by atoms with Gasteiger partial charge in [0.25, 0.3) is 14.2 Å². The molecule has 3 heterocycles. The van der Waals surface area contributed by atoms with Gasteiger partial charge in [0.05, 0.1) is 49.4 Å². The van der Waals surface area contributed by atoms with Crippen LogP contribution in [0.1, 0.15) is 58.8 Å². The van der Waals surface area contributed by atoms with Crippen molar-refractivity contribution < 1.29 is 41.4 Å². The molecule has 0 fully saturated rings. The Balaban J connectivity index is 1.71. The number of carbonyl (C=O) groups excluding carboxylic acids is 2. The van der Waals surface area contributed by atoms with E-state index in [1.54, 1.807) is 24.0 Å². The number of nitrogens with one attached hydrogen (secondary N) is 2. The number of anilines is 1. The minimum atomic E-state index is -3.35. The predicted molar refractivity (Wildman–Crippen MR) is 197 cm³/mol. The van der Waals surface area contributed by atoms with E-state index in [9.17, 15) is 18.0 Å². The van der Waals surface area contributed by atoms with E-state index in [0.717, 1.165) is 11.8 Å². The van der Waals surface area contributed by atoms with Gasteiger partial charge in [-0.15, -0.1) is 0 Å². The number of methoxy groups -OCH3 is 3. The molecule has 1 atom stereocenters.